The molecular formula is C17H28N2O3Si. The van der Waals surface area contributed by atoms with E-state index in [1.165, 1.54) is 5.56 Å². The summed E-state index contributed by atoms with van der Waals surface area (Å²) in [6, 6.07) is 8.46. The van der Waals surface area contributed by atoms with Crippen LogP contribution in [0.1, 0.15) is 26.3 Å². The van der Waals surface area contributed by atoms with Crippen LogP contribution in [0.2, 0.25) is 0 Å². The molecule has 128 valence electrons. The van der Waals surface area contributed by atoms with Crippen LogP contribution in [0.5, 0.6) is 0 Å². The van der Waals surface area contributed by atoms with E-state index in [9.17, 15) is 0 Å². The molecule has 1 aromatic carbocycles. The summed E-state index contributed by atoms with van der Waals surface area (Å²) < 4.78 is 17.9. The Bertz CT molecular complexity index is 490. The molecule has 1 aromatic rings. The van der Waals surface area contributed by atoms with Gasteiger partial charge < -0.3 is 23.1 Å². The number of nitrogens with zero attached hydrogens (tertiary/aromatic N) is 2. The smallest absolute Gasteiger partial charge is 0.370 e. The average molecular weight is 337 g/mol. The van der Waals surface area contributed by atoms with Gasteiger partial charge in [0.1, 0.15) is 0 Å². The van der Waals surface area contributed by atoms with Crippen molar-refractivity contribution < 1.29 is 13.3 Å². The van der Waals surface area contributed by atoms with Gasteiger partial charge in [0.2, 0.25) is 0 Å². The zero-order valence-corrected chi connectivity index (χ0v) is 15.6. The van der Waals surface area contributed by atoms with E-state index in [0.717, 1.165) is 18.4 Å². The van der Waals surface area contributed by atoms with Crippen LogP contribution in [0, 0.1) is 0 Å². The molecule has 23 heavy (non-hydrogen) atoms. The van der Waals surface area contributed by atoms with Crippen LogP contribution in [0.4, 0.5) is 0 Å². The van der Waals surface area contributed by atoms with Gasteiger partial charge in [0.05, 0.1) is 6.67 Å². The topological polar surface area (TPSA) is 34.2 Å². The van der Waals surface area contributed by atoms with Gasteiger partial charge in [-0.15, -0.1) is 0 Å². The Morgan fingerprint density at radius 3 is 1.91 bits per heavy atom. The Morgan fingerprint density at radius 2 is 1.48 bits per heavy atom. The molecule has 0 atom stereocenters. The highest BCUT2D eigenvalue weighted by atomic mass is 28.4. The van der Waals surface area contributed by atoms with E-state index in [1.807, 2.05) is 20.8 Å². The predicted molar refractivity (Wildman–Crippen MR) is 94.0 cm³/mol. The van der Waals surface area contributed by atoms with E-state index >= 15 is 0 Å². The lowest BCUT2D eigenvalue weighted by atomic mass is 10.2. The van der Waals surface area contributed by atoms with Gasteiger partial charge in [-0.3, -0.25) is 0 Å². The van der Waals surface area contributed by atoms with Gasteiger partial charge in [0, 0.05) is 51.0 Å². The van der Waals surface area contributed by atoms with Crippen LogP contribution in [0.25, 0.3) is 0 Å². The first-order chi connectivity index (χ1) is 11.1. The van der Waals surface area contributed by atoms with E-state index in [2.05, 4.69) is 53.5 Å². The zero-order chi connectivity index (χ0) is 16.7. The quantitative estimate of drug-likeness (QED) is 0.645. The fourth-order valence-corrected chi connectivity index (χ4v) is 5.15. The van der Waals surface area contributed by atoms with Crippen LogP contribution >= 0.6 is 0 Å². The maximum Gasteiger partial charge on any atom is 0.537 e. The molecule has 0 aliphatic carbocycles. The molecule has 0 radical (unpaired) electrons. The van der Waals surface area contributed by atoms with Crippen molar-refractivity contribution in [3.8, 4) is 0 Å². The first kappa shape index (κ1) is 18.0. The summed E-state index contributed by atoms with van der Waals surface area (Å²) in [5.41, 5.74) is 1.26. The summed E-state index contributed by atoms with van der Waals surface area (Å²) in [5, 5.41) is 1.03. The van der Waals surface area contributed by atoms with Crippen molar-refractivity contribution in [2.45, 2.75) is 27.3 Å². The van der Waals surface area contributed by atoms with Gasteiger partial charge in [-0.25, -0.2) is 0 Å². The zero-order valence-electron chi connectivity index (χ0n) is 14.6. The molecule has 6 heteroatoms. The van der Waals surface area contributed by atoms with Crippen molar-refractivity contribution in [1.29, 1.82) is 0 Å². The second-order valence-corrected chi connectivity index (χ2v) is 8.05. The molecule has 0 amide bonds. The molecule has 1 aliphatic rings. The molecule has 2 rings (SSSR count). The third-order valence-corrected chi connectivity index (χ3v) is 6.68. The average Bonchev–Trinajstić information content (AvgIpc) is 2.94. The van der Waals surface area contributed by atoms with Crippen LogP contribution in [-0.4, -0.2) is 52.1 Å². The minimum Gasteiger partial charge on any atom is -0.370 e. The molecule has 0 aromatic heterocycles. The molecule has 0 saturated heterocycles. The number of hydrogen-bond acceptors (Lipinski definition) is 5. The van der Waals surface area contributed by atoms with Gasteiger partial charge in [-0.1, -0.05) is 24.3 Å². The summed E-state index contributed by atoms with van der Waals surface area (Å²) in [6.07, 6.45) is 4.21. The fraction of sp³-hybridized carbons (Fsp3) is 0.529. The highest BCUT2D eigenvalue weighted by Gasteiger charge is 2.43. The summed E-state index contributed by atoms with van der Waals surface area (Å²) in [6.45, 7) is 9.50. The predicted octanol–water partition coefficient (Wildman–Crippen LogP) is 2.12. The molecule has 0 fully saturated rings. The molecule has 0 spiro atoms. The lowest BCUT2D eigenvalue weighted by Crippen LogP contribution is -2.56. The number of hydrogen-bond donors (Lipinski definition) is 0. The molecular weight excluding hydrogens is 308 g/mol. The highest BCUT2D eigenvalue weighted by Crippen LogP contribution is 2.14. The number of benzene rings is 1. The Labute approximate surface area is 140 Å². The Hall–Kier alpha value is -1.34. The molecule has 0 bridgehead atoms. The van der Waals surface area contributed by atoms with E-state index in [-0.39, 0.29) is 0 Å². The standard InChI is InChI=1S/C17H28N2O3Si/c1-5-20-23(21-6-2,22-7-3)17-10-8-16(9-11-17)14-19-13-12-18(4)15-19/h8-13H,5-7,14-15H2,1-4H3. The van der Waals surface area contributed by atoms with E-state index in [0.29, 0.717) is 19.8 Å². The van der Waals surface area contributed by atoms with Gasteiger partial charge in [0.15, 0.2) is 0 Å². The summed E-state index contributed by atoms with van der Waals surface area (Å²) in [5.74, 6) is 0. The minimum atomic E-state index is -2.79. The van der Waals surface area contributed by atoms with Crippen molar-refractivity contribution in [1.82, 2.24) is 9.80 Å². The monoisotopic (exact) mass is 336 g/mol. The third kappa shape index (κ3) is 4.57. The third-order valence-electron chi connectivity index (χ3n) is 3.63. The van der Waals surface area contributed by atoms with E-state index in [1.54, 1.807) is 0 Å². The summed E-state index contributed by atoms with van der Waals surface area (Å²) in [7, 11) is -0.710. The molecule has 0 saturated carbocycles. The maximum atomic E-state index is 5.95. The van der Waals surface area contributed by atoms with Crippen LogP contribution in [0.15, 0.2) is 36.7 Å². The van der Waals surface area contributed by atoms with Gasteiger partial charge in [0.25, 0.3) is 0 Å². The summed E-state index contributed by atoms with van der Waals surface area (Å²) in [4.78, 5) is 4.43. The van der Waals surface area contributed by atoms with Crippen LogP contribution in [-0.2, 0) is 19.8 Å². The van der Waals surface area contributed by atoms with Crippen molar-refractivity contribution in [3.05, 3.63) is 42.2 Å². The maximum absolute atomic E-state index is 5.95. The molecule has 0 unspecified atom stereocenters. The van der Waals surface area contributed by atoms with E-state index in [4.69, 9.17) is 13.3 Å². The minimum absolute atomic E-state index is 0.582. The van der Waals surface area contributed by atoms with Crippen molar-refractivity contribution >= 4 is 14.0 Å². The molecule has 0 N–H and O–H groups in total. The normalized spacial score (nSPS) is 14.8. The van der Waals surface area contributed by atoms with Crippen molar-refractivity contribution in [2.24, 2.45) is 0 Å². The SMILES string of the molecule is CCO[Si](OCC)(OCC)c1ccc(CN2C=CN(C)C2)cc1. The second kappa shape index (κ2) is 8.49. The van der Waals surface area contributed by atoms with Gasteiger partial charge in [-0.05, 0) is 26.3 Å². The summed E-state index contributed by atoms with van der Waals surface area (Å²) >= 11 is 0. The van der Waals surface area contributed by atoms with Gasteiger partial charge in [-0.2, -0.15) is 0 Å². The molecule has 1 heterocycles. The molecule has 1 aliphatic heterocycles. The second-order valence-electron chi connectivity index (χ2n) is 5.50. The molecule has 5 nitrogen and oxygen atoms in total. The van der Waals surface area contributed by atoms with Crippen molar-refractivity contribution in [2.75, 3.05) is 33.5 Å². The first-order valence-electron chi connectivity index (χ1n) is 8.27. The van der Waals surface area contributed by atoms with Gasteiger partial charge >= 0.3 is 8.80 Å². The lowest BCUT2D eigenvalue weighted by Gasteiger charge is -2.28. The van der Waals surface area contributed by atoms with Crippen molar-refractivity contribution in [3.63, 3.8) is 0 Å². The Kier molecular flexibility index (Phi) is 6.65. The lowest BCUT2D eigenvalue weighted by molar-refractivity contribution is 0.0859. The fourth-order valence-electron chi connectivity index (χ4n) is 2.69. The highest BCUT2D eigenvalue weighted by molar-refractivity contribution is 6.75. The Balaban J connectivity index is 2.12. The van der Waals surface area contributed by atoms with Crippen LogP contribution < -0.4 is 5.19 Å². The van der Waals surface area contributed by atoms with E-state index < -0.39 is 8.80 Å². The Morgan fingerprint density at radius 1 is 0.913 bits per heavy atom. The largest absolute Gasteiger partial charge is 0.537 e. The number of rotatable bonds is 9. The first-order valence-corrected chi connectivity index (χ1v) is 10.00. The van der Waals surface area contributed by atoms with Crippen LogP contribution in [0.3, 0.4) is 0 Å².